The lowest BCUT2D eigenvalue weighted by Crippen LogP contribution is -2.43. The summed E-state index contributed by atoms with van der Waals surface area (Å²) in [5, 5.41) is 0.355. The van der Waals surface area contributed by atoms with Crippen molar-refractivity contribution in [2.24, 2.45) is 5.73 Å². The Kier molecular flexibility index (Phi) is 5.57. The van der Waals surface area contributed by atoms with E-state index in [1.807, 2.05) is 20.8 Å². The lowest BCUT2D eigenvalue weighted by molar-refractivity contribution is -0.0651. The Hall–Kier alpha value is -0.640. The molecule has 0 fully saturated rings. The Morgan fingerprint density at radius 2 is 1.94 bits per heavy atom. The minimum Gasteiger partial charge on any atom is -0.373 e. The predicted molar refractivity (Wildman–Crippen MR) is 73.3 cm³/mol. The van der Waals surface area contributed by atoms with Crippen molar-refractivity contribution in [1.82, 2.24) is 0 Å². The van der Waals surface area contributed by atoms with Gasteiger partial charge in [0.2, 0.25) is 0 Å². The van der Waals surface area contributed by atoms with Gasteiger partial charge in [0.15, 0.2) is 0 Å². The summed E-state index contributed by atoms with van der Waals surface area (Å²) in [4.78, 5) is 0. The smallest absolute Gasteiger partial charge is 0.129 e. The molecule has 1 aromatic carbocycles. The third-order valence-corrected chi connectivity index (χ3v) is 3.84. The molecule has 0 aliphatic rings. The topological polar surface area (TPSA) is 35.2 Å². The molecular formula is C14H21ClFNO. The first kappa shape index (κ1) is 15.4. The fraction of sp³-hybridized carbons (Fsp3) is 0.571. The van der Waals surface area contributed by atoms with Crippen LogP contribution in [-0.4, -0.2) is 12.2 Å². The molecule has 0 aliphatic carbocycles. The van der Waals surface area contributed by atoms with Gasteiger partial charge in [0.05, 0.1) is 11.6 Å². The summed E-state index contributed by atoms with van der Waals surface area (Å²) in [5.41, 5.74) is 6.01. The Balaban J connectivity index is 3.21. The zero-order valence-electron chi connectivity index (χ0n) is 11.2. The predicted octanol–water partition coefficient (Wildman–Crippen LogP) is 4.07. The molecule has 0 bridgehead atoms. The number of hydrogen-bond acceptors (Lipinski definition) is 2. The first-order chi connectivity index (χ1) is 8.52. The molecular weight excluding hydrogens is 253 g/mol. The van der Waals surface area contributed by atoms with Gasteiger partial charge in [-0.05, 0) is 31.9 Å². The van der Waals surface area contributed by atoms with Crippen molar-refractivity contribution in [2.75, 3.05) is 6.61 Å². The van der Waals surface area contributed by atoms with E-state index in [1.165, 1.54) is 6.07 Å². The molecule has 2 nitrogen and oxygen atoms in total. The molecule has 0 aromatic heterocycles. The summed E-state index contributed by atoms with van der Waals surface area (Å²) in [6, 6.07) is 4.04. The zero-order chi connectivity index (χ0) is 13.8. The van der Waals surface area contributed by atoms with Crippen LogP contribution >= 0.6 is 11.6 Å². The second-order valence-electron chi connectivity index (χ2n) is 4.32. The fourth-order valence-electron chi connectivity index (χ4n) is 2.34. The van der Waals surface area contributed by atoms with E-state index >= 15 is 0 Å². The van der Waals surface area contributed by atoms with Crippen LogP contribution in [0.2, 0.25) is 5.02 Å². The highest BCUT2D eigenvalue weighted by Crippen LogP contribution is 2.37. The van der Waals surface area contributed by atoms with Crippen LogP contribution in [0.3, 0.4) is 0 Å². The maximum Gasteiger partial charge on any atom is 0.129 e. The van der Waals surface area contributed by atoms with Crippen LogP contribution in [-0.2, 0) is 4.74 Å². The van der Waals surface area contributed by atoms with Crippen LogP contribution in [0, 0.1) is 5.82 Å². The molecule has 2 N–H and O–H groups in total. The van der Waals surface area contributed by atoms with Gasteiger partial charge in [-0.3, -0.25) is 0 Å². The second kappa shape index (κ2) is 6.50. The van der Waals surface area contributed by atoms with E-state index in [4.69, 9.17) is 22.1 Å². The van der Waals surface area contributed by atoms with Gasteiger partial charge in [0, 0.05) is 17.2 Å². The highest BCUT2D eigenvalue weighted by Gasteiger charge is 2.37. The highest BCUT2D eigenvalue weighted by molar-refractivity contribution is 6.31. The van der Waals surface area contributed by atoms with Gasteiger partial charge >= 0.3 is 0 Å². The number of hydrogen-bond donors (Lipinski definition) is 1. The van der Waals surface area contributed by atoms with E-state index in [2.05, 4.69) is 0 Å². The summed E-state index contributed by atoms with van der Waals surface area (Å²) >= 11 is 6.07. The monoisotopic (exact) mass is 273 g/mol. The number of rotatable bonds is 6. The van der Waals surface area contributed by atoms with Gasteiger partial charge in [-0.1, -0.05) is 31.5 Å². The lowest BCUT2D eigenvalue weighted by Gasteiger charge is -2.38. The minimum absolute atomic E-state index is 0.344. The maximum atomic E-state index is 13.9. The van der Waals surface area contributed by atoms with Gasteiger partial charge in [-0.2, -0.15) is 0 Å². The zero-order valence-corrected chi connectivity index (χ0v) is 11.9. The molecule has 0 saturated heterocycles. The van der Waals surface area contributed by atoms with Crippen molar-refractivity contribution >= 4 is 11.6 Å². The van der Waals surface area contributed by atoms with Crippen LogP contribution in [0.5, 0.6) is 0 Å². The van der Waals surface area contributed by atoms with E-state index in [0.717, 1.165) is 0 Å². The molecule has 0 heterocycles. The first-order valence-corrected chi connectivity index (χ1v) is 6.73. The van der Waals surface area contributed by atoms with Crippen LogP contribution in [0.25, 0.3) is 0 Å². The van der Waals surface area contributed by atoms with E-state index in [9.17, 15) is 4.39 Å². The van der Waals surface area contributed by atoms with Crippen molar-refractivity contribution in [3.8, 4) is 0 Å². The summed E-state index contributed by atoms with van der Waals surface area (Å²) in [6.45, 7) is 6.44. The van der Waals surface area contributed by atoms with Crippen LogP contribution in [0.1, 0.15) is 45.2 Å². The molecule has 4 heteroatoms. The third-order valence-electron chi connectivity index (χ3n) is 3.51. The molecule has 18 heavy (non-hydrogen) atoms. The maximum absolute atomic E-state index is 13.9. The first-order valence-electron chi connectivity index (χ1n) is 6.35. The van der Waals surface area contributed by atoms with Gasteiger partial charge in [-0.25, -0.2) is 4.39 Å². The van der Waals surface area contributed by atoms with E-state index in [0.29, 0.717) is 30.0 Å². The van der Waals surface area contributed by atoms with Gasteiger partial charge in [0.25, 0.3) is 0 Å². The molecule has 1 atom stereocenters. The number of nitrogens with two attached hydrogens (primary N) is 1. The Morgan fingerprint density at radius 3 is 2.39 bits per heavy atom. The molecule has 0 saturated carbocycles. The van der Waals surface area contributed by atoms with Crippen molar-refractivity contribution in [2.45, 2.75) is 45.3 Å². The largest absolute Gasteiger partial charge is 0.373 e. The fourth-order valence-corrected chi connectivity index (χ4v) is 2.62. The molecule has 1 rings (SSSR count). The Labute approximate surface area is 113 Å². The highest BCUT2D eigenvalue weighted by atomic mass is 35.5. The van der Waals surface area contributed by atoms with Gasteiger partial charge in [0.1, 0.15) is 5.82 Å². The molecule has 0 amide bonds. The number of benzene rings is 1. The summed E-state index contributed by atoms with van der Waals surface area (Å²) in [5.74, 6) is -0.374. The molecule has 0 radical (unpaired) electrons. The molecule has 1 unspecified atom stereocenters. The lowest BCUT2D eigenvalue weighted by atomic mass is 9.84. The van der Waals surface area contributed by atoms with Gasteiger partial charge in [-0.15, -0.1) is 0 Å². The second-order valence-corrected chi connectivity index (χ2v) is 4.73. The minimum atomic E-state index is -0.569. The van der Waals surface area contributed by atoms with Crippen LogP contribution in [0.4, 0.5) is 4.39 Å². The number of ether oxygens (including phenoxy) is 1. The number of halogens is 2. The Morgan fingerprint density at radius 1 is 1.33 bits per heavy atom. The third kappa shape index (κ3) is 2.85. The van der Waals surface area contributed by atoms with Crippen molar-refractivity contribution in [3.05, 3.63) is 34.6 Å². The Bertz CT molecular complexity index is 373. The summed E-state index contributed by atoms with van der Waals surface area (Å²) < 4.78 is 19.7. The van der Waals surface area contributed by atoms with Crippen LogP contribution < -0.4 is 5.73 Å². The van der Waals surface area contributed by atoms with Crippen molar-refractivity contribution in [3.63, 3.8) is 0 Å². The normalized spacial score (nSPS) is 13.7. The van der Waals surface area contributed by atoms with Gasteiger partial charge < -0.3 is 10.5 Å². The quantitative estimate of drug-likeness (QED) is 0.848. The summed E-state index contributed by atoms with van der Waals surface area (Å²) in [6.07, 6.45) is 1.42. The summed E-state index contributed by atoms with van der Waals surface area (Å²) in [7, 11) is 0. The molecule has 1 aromatic rings. The SMILES string of the molecule is CCOC(CC)(CC)C(N)c1c(F)cccc1Cl. The van der Waals surface area contributed by atoms with E-state index in [1.54, 1.807) is 12.1 Å². The molecule has 0 aliphatic heterocycles. The average Bonchev–Trinajstić information content (AvgIpc) is 2.35. The standard InChI is InChI=1S/C14H21ClFNO/c1-4-14(5-2,18-6-3)13(17)12-10(15)8-7-9-11(12)16/h7-9,13H,4-6,17H2,1-3H3. The molecule has 102 valence electrons. The average molecular weight is 274 g/mol. The van der Waals surface area contributed by atoms with Crippen molar-refractivity contribution in [1.29, 1.82) is 0 Å². The van der Waals surface area contributed by atoms with Crippen molar-refractivity contribution < 1.29 is 9.13 Å². The molecule has 0 spiro atoms. The van der Waals surface area contributed by atoms with E-state index in [-0.39, 0.29) is 5.82 Å². The van der Waals surface area contributed by atoms with E-state index < -0.39 is 11.6 Å². The van der Waals surface area contributed by atoms with Crippen LogP contribution in [0.15, 0.2) is 18.2 Å².